The van der Waals surface area contributed by atoms with Crippen LogP contribution in [-0.2, 0) is 0 Å². The molecule has 0 aliphatic heterocycles. The standard InChI is InChI=1S/C10H6ClIN2O2/c11-8-3-6(10(15)16)1-2-9(8)14-5-7(12)4-13-14/h1-5H,(H,15,16). The van der Waals surface area contributed by atoms with E-state index in [1.54, 1.807) is 16.9 Å². The first-order chi connectivity index (χ1) is 7.58. The van der Waals surface area contributed by atoms with E-state index in [1.807, 2.05) is 6.20 Å². The van der Waals surface area contributed by atoms with E-state index >= 15 is 0 Å². The number of carboxylic acids is 1. The van der Waals surface area contributed by atoms with E-state index in [-0.39, 0.29) is 5.56 Å². The normalized spacial score (nSPS) is 10.4. The number of halogens is 2. The quantitative estimate of drug-likeness (QED) is 0.849. The number of aromatic carboxylic acids is 1. The lowest BCUT2D eigenvalue weighted by atomic mass is 10.2. The molecule has 1 N–H and O–H groups in total. The van der Waals surface area contributed by atoms with Gasteiger partial charge in [0.2, 0.25) is 0 Å². The molecule has 0 unspecified atom stereocenters. The zero-order chi connectivity index (χ0) is 11.7. The van der Waals surface area contributed by atoms with Gasteiger partial charge in [-0.3, -0.25) is 0 Å². The van der Waals surface area contributed by atoms with Crippen molar-refractivity contribution in [2.75, 3.05) is 0 Å². The molecule has 4 nitrogen and oxygen atoms in total. The largest absolute Gasteiger partial charge is 0.478 e. The van der Waals surface area contributed by atoms with Crippen molar-refractivity contribution in [1.82, 2.24) is 9.78 Å². The van der Waals surface area contributed by atoms with E-state index in [0.717, 1.165) is 3.57 Å². The van der Waals surface area contributed by atoms with Gasteiger partial charge in [0, 0.05) is 6.20 Å². The first-order valence-corrected chi connectivity index (χ1v) is 5.77. The van der Waals surface area contributed by atoms with Crippen LogP contribution in [0.4, 0.5) is 0 Å². The van der Waals surface area contributed by atoms with Gasteiger partial charge in [0.25, 0.3) is 0 Å². The van der Waals surface area contributed by atoms with Crippen molar-refractivity contribution < 1.29 is 9.90 Å². The van der Waals surface area contributed by atoms with Crippen LogP contribution in [0.3, 0.4) is 0 Å². The van der Waals surface area contributed by atoms with Crippen LogP contribution >= 0.6 is 34.2 Å². The van der Waals surface area contributed by atoms with Crippen LogP contribution in [0.15, 0.2) is 30.6 Å². The lowest BCUT2D eigenvalue weighted by molar-refractivity contribution is 0.0697. The number of hydrogen-bond donors (Lipinski definition) is 1. The fourth-order valence-corrected chi connectivity index (χ4v) is 1.91. The monoisotopic (exact) mass is 348 g/mol. The first kappa shape index (κ1) is 11.4. The van der Waals surface area contributed by atoms with Crippen molar-refractivity contribution in [2.45, 2.75) is 0 Å². The number of carboxylic acid groups (broad SMARTS) is 1. The highest BCUT2D eigenvalue weighted by molar-refractivity contribution is 14.1. The van der Waals surface area contributed by atoms with Crippen LogP contribution in [0.1, 0.15) is 10.4 Å². The Morgan fingerprint density at radius 2 is 2.25 bits per heavy atom. The third kappa shape index (κ3) is 2.19. The predicted molar refractivity (Wildman–Crippen MR) is 68.3 cm³/mol. The fraction of sp³-hybridized carbons (Fsp3) is 0. The molecule has 1 heterocycles. The van der Waals surface area contributed by atoms with Gasteiger partial charge in [-0.2, -0.15) is 5.10 Å². The maximum Gasteiger partial charge on any atom is 0.335 e. The van der Waals surface area contributed by atoms with Crippen molar-refractivity contribution in [3.63, 3.8) is 0 Å². The van der Waals surface area contributed by atoms with Crippen molar-refractivity contribution in [2.24, 2.45) is 0 Å². The van der Waals surface area contributed by atoms with Crippen LogP contribution in [0.2, 0.25) is 5.02 Å². The molecule has 0 saturated carbocycles. The van der Waals surface area contributed by atoms with Crippen LogP contribution in [0.5, 0.6) is 0 Å². The van der Waals surface area contributed by atoms with Crippen molar-refractivity contribution >= 4 is 40.2 Å². The minimum atomic E-state index is -0.997. The molecule has 0 bridgehead atoms. The van der Waals surface area contributed by atoms with Crippen LogP contribution in [-0.4, -0.2) is 20.9 Å². The Bertz CT molecular complexity index is 554. The van der Waals surface area contributed by atoms with E-state index in [4.69, 9.17) is 16.7 Å². The smallest absolute Gasteiger partial charge is 0.335 e. The summed E-state index contributed by atoms with van der Waals surface area (Å²) in [4.78, 5) is 10.7. The van der Waals surface area contributed by atoms with Crippen LogP contribution in [0.25, 0.3) is 5.69 Å². The molecule has 0 aliphatic rings. The Hall–Kier alpha value is -1.08. The molecular formula is C10H6ClIN2O2. The number of nitrogens with zero attached hydrogens (tertiary/aromatic N) is 2. The number of aromatic nitrogens is 2. The highest BCUT2D eigenvalue weighted by Crippen LogP contribution is 2.22. The second-order valence-corrected chi connectivity index (χ2v) is 4.73. The summed E-state index contributed by atoms with van der Waals surface area (Å²) in [5.74, 6) is -0.997. The minimum absolute atomic E-state index is 0.163. The zero-order valence-electron chi connectivity index (χ0n) is 7.89. The molecule has 0 spiro atoms. The third-order valence-corrected chi connectivity index (χ3v) is 2.85. The van der Waals surface area contributed by atoms with Gasteiger partial charge in [-0.15, -0.1) is 0 Å². The molecule has 16 heavy (non-hydrogen) atoms. The maximum absolute atomic E-state index is 10.7. The average Bonchev–Trinajstić information content (AvgIpc) is 2.64. The van der Waals surface area contributed by atoms with E-state index in [2.05, 4.69) is 27.7 Å². The Morgan fingerprint density at radius 1 is 1.50 bits per heavy atom. The van der Waals surface area contributed by atoms with E-state index in [0.29, 0.717) is 10.7 Å². The van der Waals surface area contributed by atoms with Gasteiger partial charge >= 0.3 is 5.97 Å². The maximum atomic E-state index is 10.7. The van der Waals surface area contributed by atoms with Gasteiger partial charge in [0.05, 0.1) is 26.0 Å². The van der Waals surface area contributed by atoms with Gasteiger partial charge in [-0.05, 0) is 40.8 Å². The molecular weight excluding hydrogens is 342 g/mol. The first-order valence-electron chi connectivity index (χ1n) is 4.31. The summed E-state index contributed by atoms with van der Waals surface area (Å²) in [7, 11) is 0. The van der Waals surface area contributed by atoms with Crippen molar-refractivity contribution in [3.05, 3.63) is 44.7 Å². The van der Waals surface area contributed by atoms with Gasteiger partial charge in [-0.25, -0.2) is 9.48 Å². The van der Waals surface area contributed by atoms with Gasteiger partial charge < -0.3 is 5.11 Å². The molecule has 0 aliphatic carbocycles. The number of carbonyl (C=O) groups is 1. The molecule has 0 atom stereocenters. The molecule has 1 aromatic carbocycles. The molecule has 6 heteroatoms. The zero-order valence-corrected chi connectivity index (χ0v) is 10.8. The summed E-state index contributed by atoms with van der Waals surface area (Å²) in [5.41, 5.74) is 0.824. The summed E-state index contributed by atoms with van der Waals surface area (Å²) in [5, 5.41) is 13.3. The fourth-order valence-electron chi connectivity index (χ4n) is 1.26. The Kier molecular flexibility index (Phi) is 3.15. The van der Waals surface area contributed by atoms with E-state index in [9.17, 15) is 4.79 Å². The van der Waals surface area contributed by atoms with Crippen LogP contribution < -0.4 is 0 Å². The third-order valence-electron chi connectivity index (χ3n) is 1.99. The van der Waals surface area contributed by atoms with Gasteiger partial charge in [0.15, 0.2) is 0 Å². The molecule has 1 aromatic heterocycles. The Labute approximate surface area is 110 Å². The summed E-state index contributed by atoms with van der Waals surface area (Å²) in [6.07, 6.45) is 3.50. The summed E-state index contributed by atoms with van der Waals surface area (Å²) in [6, 6.07) is 4.54. The lowest BCUT2D eigenvalue weighted by Crippen LogP contribution is -2.00. The second kappa shape index (κ2) is 4.42. The highest BCUT2D eigenvalue weighted by Gasteiger charge is 2.08. The Morgan fingerprint density at radius 3 is 2.75 bits per heavy atom. The summed E-state index contributed by atoms with van der Waals surface area (Å²) >= 11 is 8.13. The molecule has 0 fully saturated rings. The van der Waals surface area contributed by atoms with Crippen molar-refractivity contribution in [3.8, 4) is 5.69 Å². The van der Waals surface area contributed by atoms with Gasteiger partial charge in [0.1, 0.15) is 0 Å². The predicted octanol–water partition coefficient (Wildman–Crippen LogP) is 2.83. The molecule has 0 saturated heterocycles. The number of benzene rings is 1. The molecule has 2 rings (SSSR count). The number of hydrogen-bond acceptors (Lipinski definition) is 2. The Balaban J connectivity index is 2.47. The van der Waals surface area contributed by atoms with Gasteiger partial charge in [-0.1, -0.05) is 11.6 Å². The highest BCUT2D eigenvalue weighted by atomic mass is 127. The average molecular weight is 349 g/mol. The van der Waals surface area contributed by atoms with E-state index < -0.39 is 5.97 Å². The minimum Gasteiger partial charge on any atom is -0.478 e. The molecule has 0 radical (unpaired) electrons. The summed E-state index contributed by atoms with van der Waals surface area (Å²) < 4.78 is 2.59. The van der Waals surface area contributed by atoms with Crippen molar-refractivity contribution in [1.29, 1.82) is 0 Å². The SMILES string of the molecule is O=C(O)c1ccc(-n2cc(I)cn2)c(Cl)c1. The molecule has 2 aromatic rings. The van der Waals surface area contributed by atoms with Crippen LogP contribution in [0, 0.1) is 3.57 Å². The molecule has 82 valence electrons. The van der Waals surface area contributed by atoms with E-state index in [1.165, 1.54) is 12.1 Å². The number of rotatable bonds is 2. The lowest BCUT2D eigenvalue weighted by Gasteiger charge is -2.04. The molecule has 0 amide bonds. The second-order valence-electron chi connectivity index (χ2n) is 3.07. The topological polar surface area (TPSA) is 55.1 Å². The summed E-state index contributed by atoms with van der Waals surface area (Å²) in [6.45, 7) is 0.